The highest BCUT2D eigenvalue weighted by molar-refractivity contribution is 5.75. The Balaban J connectivity index is 3.56. The Bertz CT molecular complexity index is 195. The highest BCUT2D eigenvalue weighted by Crippen LogP contribution is 2.10. The Morgan fingerprint density at radius 1 is 1.31 bits per heavy atom. The van der Waals surface area contributed by atoms with E-state index in [1.54, 1.807) is 0 Å². The van der Waals surface area contributed by atoms with Crippen LogP contribution >= 0.6 is 0 Å². The van der Waals surface area contributed by atoms with Crippen molar-refractivity contribution in [1.29, 1.82) is 0 Å². The molecule has 0 aromatic carbocycles. The third kappa shape index (κ3) is 7.65. The van der Waals surface area contributed by atoms with Gasteiger partial charge in [-0.3, -0.25) is 10.2 Å². The van der Waals surface area contributed by atoms with Gasteiger partial charge in [-0.1, -0.05) is 13.8 Å². The summed E-state index contributed by atoms with van der Waals surface area (Å²) in [5.41, 5.74) is 2.15. The summed E-state index contributed by atoms with van der Waals surface area (Å²) in [6.45, 7) is 7.80. The number of rotatable bonds is 8. The van der Waals surface area contributed by atoms with Gasteiger partial charge in [-0.15, -0.1) is 0 Å². The van der Waals surface area contributed by atoms with Crippen LogP contribution in [-0.4, -0.2) is 30.4 Å². The Hall–Kier alpha value is -0.610. The number of hydrogen-bond acceptors (Lipinski definition) is 3. The van der Waals surface area contributed by atoms with E-state index in [2.05, 4.69) is 38.1 Å². The number of nitrogens with one attached hydrogen (secondary N) is 1. The largest absolute Gasteiger partial charge is 0.304 e. The Morgan fingerprint density at radius 3 is 2.44 bits per heavy atom. The molecular weight excluding hydrogens is 202 g/mol. The van der Waals surface area contributed by atoms with E-state index >= 15 is 0 Å². The SMILES string of the molecule is CC(C)CC(C)N(C)CCCCC(=O)NN. The number of amides is 1. The fourth-order valence-electron chi connectivity index (χ4n) is 1.80. The van der Waals surface area contributed by atoms with Crippen LogP contribution in [0.1, 0.15) is 46.5 Å². The normalized spacial score (nSPS) is 13.2. The molecule has 0 aliphatic carbocycles. The minimum Gasteiger partial charge on any atom is -0.304 e. The van der Waals surface area contributed by atoms with E-state index < -0.39 is 0 Å². The van der Waals surface area contributed by atoms with Gasteiger partial charge < -0.3 is 4.90 Å². The minimum absolute atomic E-state index is 0.0714. The summed E-state index contributed by atoms with van der Waals surface area (Å²) < 4.78 is 0. The maximum Gasteiger partial charge on any atom is 0.233 e. The maximum atomic E-state index is 10.9. The van der Waals surface area contributed by atoms with Crippen molar-refractivity contribution in [3.05, 3.63) is 0 Å². The van der Waals surface area contributed by atoms with Crippen molar-refractivity contribution in [2.45, 2.75) is 52.5 Å². The van der Waals surface area contributed by atoms with Crippen LogP contribution in [0.5, 0.6) is 0 Å². The first-order valence-corrected chi connectivity index (χ1v) is 6.17. The van der Waals surface area contributed by atoms with Gasteiger partial charge in [-0.05, 0) is 45.7 Å². The van der Waals surface area contributed by atoms with Crippen LogP contribution < -0.4 is 11.3 Å². The molecule has 0 heterocycles. The van der Waals surface area contributed by atoms with Crippen LogP contribution in [0.25, 0.3) is 0 Å². The minimum atomic E-state index is -0.0714. The number of nitrogens with zero attached hydrogens (tertiary/aromatic N) is 1. The molecule has 1 amide bonds. The summed E-state index contributed by atoms with van der Waals surface area (Å²) in [6.07, 6.45) is 3.71. The molecule has 0 fully saturated rings. The molecule has 0 aromatic rings. The average Bonchev–Trinajstić information content (AvgIpc) is 2.22. The summed E-state index contributed by atoms with van der Waals surface area (Å²) in [4.78, 5) is 13.2. The van der Waals surface area contributed by atoms with Gasteiger partial charge >= 0.3 is 0 Å². The molecule has 0 saturated heterocycles. The molecule has 1 atom stereocenters. The van der Waals surface area contributed by atoms with Crippen molar-refractivity contribution < 1.29 is 4.79 Å². The number of carbonyl (C=O) groups excluding carboxylic acids is 1. The zero-order chi connectivity index (χ0) is 12.6. The first-order valence-electron chi connectivity index (χ1n) is 6.17. The fraction of sp³-hybridized carbons (Fsp3) is 0.917. The molecule has 96 valence electrons. The lowest BCUT2D eigenvalue weighted by molar-refractivity contribution is -0.121. The number of carbonyl (C=O) groups is 1. The quantitative estimate of drug-likeness (QED) is 0.287. The van der Waals surface area contributed by atoms with Gasteiger partial charge in [0.1, 0.15) is 0 Å². The van der Waals surface area contributed by atoms with E-state index in [-0.39, 0.29) is 5.91 Å². The number of hydrazine groups is 1. The molecule has 0 rings (SSSR count). The molecule has 1 unspecified atom stereocenters. The smallest absolute Gasteiger partial charge is 0.233 e. The predicted octanol–water partition coefficient (Wildman–Crippen LogP) is 1.51. The zero-order valence-electron chi connectivity index (χ0n) is 11.1. The van der Waals surface area contributed by atoms with Crippen molar-refractivity contribution in [1.82, 2.24) is 10.3 Å². The Labute approximate surface area is 99.5 Å². The van der Waals surface area contributed by atoms with E-state index in [9.17, 15) is 4.79 Å². The van der Waals surface area contributed by atoms with Gasteiger partial charge in [-0.2, -0.15) is 0 Å². The first-order chi connectivity index (χ1) is 7.47. The molecule has 0 radical (unpaired) electrons. The topological polar surface area (TPSA) is 58.4 Å². The standard InChI is InChI=1S/C12H27N3O/c1-10(2)9-11(3)15(4)8-6-5-7-12(16)14-13/h10-11H,5-9,13H2,1-4H3,(H,14,16). The van der Waals surface area contributed by atoms with Crippen LogP contribution in [0.2, 0.25) is 0 Å². The highest BCUT2D eigenvalue weighted by atomic mass is 16.2. The number of nitrogens with two attached hydrogens (primary N) is 1. The number of unbranched alkanes of at least 4 members (excludes halogenated alkanes) is 1. The lowest BCUT2D eigenvalue weighted by atomic mass is 10.0. The molecule has 0 aromatic heterocycles. The summed E-state index contributed by atoms with van der Waals surface area (Å²) >= 11 is 0. The van der Waals surface area contributed by atoms with Gasteiger partial charge in [0.05, 0.1) is 0 Å². The maximum absolute atomic E-state index is 10.9. The second-order valence-corrected chi connectivity index (χ2v) is 4.98. The first kappa shape index (κ1) is 15.4. The summed E-state index contributed by atoms with van der Waals surface area (Å²) in [5, 5.41) is 0. The lowest BCUT2D eigenvalue weighted by Gasteiger charge is -2.26. The van der Waals surface area contributed by atoms with E-state index in [4.69, 9.17) is 5.84 Å². The molecule has 0 spiro atoms. The molecule has 0 aliphatic heterocycles. The van der Waals surface area contributed by atoms with E-state index in [0.29, 0.717) is 12.5 Å². The summed E-state index contributed by atoms with van der Waals surface area (Å²) in [6, 6.07) is 0.614. The molecule has 16 heavy (non-hydrogen) atoms. The van der Waals surface area contributed by atoms with Crippen LogP contribution in [0.3, 0.4) is 0 Å². The van der Waals surface area contributed by atoms with E-state index in [1.165, 1.54) is 6.42 Å². The highest BCUT2D eigenvalue weighted by Gasteiger charge is 2.10. The second kappa shape index (κ2) is 8.53. The lowest BCUT2D eigenvalue weighted by Crippen LogP contribution is -2.32. The Morgan fingerprint density at radius 2 is 1.94 bits per heavy atom. The monoisotopic (exact) mass is 229 g/mol. The molecule has 3 N–H and O–H groups in total. The van der Waals surface area contributed by atoms with Crippen molar-refractivity contribution in [2.75, 3.05) is 13.6 Å². The van der Waals surface area contributed by atoms with Crippen LogP contribution in [0, 0.1) is 5.92 Å². The molecular formula is C12H27N3O. The molecule has 0 aliphatic rings. The van der Waals surface area contributed by atoms with Crippen LogP contribution in [0.15, 0.2) is 0 Å². The average molecular weight is 229 g/mol. The van der Waals surface area contributed by atoms with E-state index in [0.717, 1.165) is 25.3 Å². The van der Waals surface area contributed by atoms with Crippen molar-refractivity contribution in [3.63, 3.8) is 0 Å². The third-order valence-corrected chi connectivity index (χ3v) is 2.89. The van der Waals surface area contributed by atoms with Gasteiger partial charge in [0.25, 0.3) is 0 Å². The summed E-state index contributed by atoms with van der Waals surface area (Å²) in [5.74, 6) is 5.67. The summed E-state index contributed by atoms with van der Waals surface area (Å²) in [7, 11) is 2.15. The molecule has 0 saturated carbocycles. The van der Waals surface area contributed by atoms with Crippen molar-refractivity contribution >= 4 is 5.91 Å². The van der Waals surface area contributed by atoms with Gasteiger partial charge in [0.2, 0.25) is 5.91 Å². The van der Waals surface area contributed by atoms with Gasteiger partial charge in [0.15, 0.2) is 0 Å². The molecule has 4 nitrogen and oxygen atoms in total. The van der Waals surface area contributed by atoms with E-state index in [1.807, 2.05) is 0 Å². The van der Waals surface area contributed by atoms with Gasteiger partial charge in [-0.25, -0.2) is 5.84 Å². The fourth-order valence-corrected chi connectivity index (χ4v) is 1.80. The Kier molecular flexibility index (Phi) is 8.21. The third-order valence-electron chi connectivity index (χ3n) is 2.89. The van der Waals surface area contributed by atoms with Crippen LogP contribution in [-0.2, 0) is 4.79 Å². The second-order valence-electron chi connectivity index (χ2n) is 4.98. The zero-order valence-corrected chi connectivity index (χ0v) is 11.1. The van der Waals surface area contributed by atoms with Gasteiger partial charge in [0, 0.05) is 12.5 Å². The van der Waals surface area contributed by atoms with Crippen LogP contribution in [0.4, 0.5) is 0 Å². The predicted molar refractivity (Wildman–Crippen MR) is 67.7 cm³/mol. The van der Waals surface area contributed by atoms with Crippen molar-refractivity contribution in [2.24, 2.45) is 11.8 Å². The molecule has 4 heteroatoms. The molecule has 0 bridgehead atoms. The number of hydrogen-bond donors (Lipinski definition) is 2. The van der Waals surface area contributed by atoms with Crippen molar-refractivity contribution in [3.8, 4) is 0 Å².